The molecule has 0 aromatic rings. The summed E-state index contributed by atoms with van der Waals surface area (Å²) in [6.45, 7) is 9.71. The first-order valence-electron chi connectivity index (χ1n) is 5.73. The van der Waals surface area contributed by atoms with Crippen molar-refractivity contribution in [3.05, 3.63) is 0 Å². The van der Waals surface area contributed by atoms with Gasteiger partial charge in [-0.3, -0.25) is 0 Å². The Morgan fingerprint density at radius 2 is 1.92 bits per heavy atom. The first kappa shape index (κ1) is 9.51. The third-order valence-corrected chi connectivity index (χ3v) is 4.14. The van der Waals surface area contributed by atoms with E-state index in [0.717, 1.165) is 11.3 Å². The highest BCUT2D eigenvalue weighted by Crippen LogP contribution is 2.55. The summed E-state index contributed by atoms with van der Waals surface area (Å²) in [5.41, 5.74) is 1.26. The average Bonchev–Trinajstić information content (AvgIpc) is 2.00. The minimum Gasteiger partial charge on any atom is -0.316 e. The van der Waals surface area contributed by atoms with E-state index in [1.165, 1.54) is 38.8 Å². The fourth-order valence-electron chi connectivity index (χ4n) is 2.98. The molecule has 1 nitrogen and oxygen atoms in total. The van der Waals surface area contributed by atoms with Crippen LogP contribution >= 0.6 is 0 Å². The van der Waals surface area contributed by atoms with Crippen molar-refractivity contribution in [2.75, 3.05) is 13.1 Å². The molecule has 1 aliphatic carbocycles. The number of hydrogen-bond donors (Lipinski definition) is 1. The van der Waals surface area contributed by atoms with Gasteiger partial charge >= 0.3 is 0 Å². The molecule has 76 valence electrons. The monoisotopic (exact) mass is 181 g/mol. The number of rotatable bonds is 0. The Labute approximate surface area is 82.3 Å². The van der Waals surface area contributed by atoms with Crippen LogP contribution in [0.3, 0.4) is 0 Å². The van der Waals surface area contributed by atoms with Crippen LogP contribution in [-0.4, -0.2) is 13.1 Å². The summed E-state index contributed by atoms with van der Waals surface area (Å²) in [4.78, 5) is 0. The maximum absolute atomic E-state index is 3.55. The third kappa shape index (κ3) is 1.76. The van der Waals surface area contributed by atoms with Crippen LogP contribution in [0.5, 0.6) is 0 Å². The molecule has 2 rings (SSSR count). The van der Waals surface area contributed by atoms with E-state index in [4.69, 9.17) is 0 Å². The van der Waals surface area contributed by atoms with Crippen LogP contribution in [0, 0.1) is 16.7 Å². The molecule has 0 unspecified atom stereocenters. The van der Waals surface area contributed by atoms with Crippen molar-refractivity contribution in [3.8, 4) is 0 Å². The van der Waals surface area contributed by atoms with Crippen LogP contribution in [0.1, 0.15) is 46.5 Å². The summed E-state index contributed by atoms with van der Waals surface area (Å²) in [5, 5.41) is 3.55. The zero-order valence-corrected chi connectivity index (χ0v) is 9.32. The van der Waals surface area contributed by atoms with Crippen molar-refractivity contribution in [1.82, 2.24) is 5.32 Å². The van der Waals surface area contributed by atoms with Crippen LogP contribution in [0.2, 0.25) is 0 Å². The van der Waals surface area contributed by atoms with E-state index in [9.17, 15) is 0 Å². The molecule has 1 heteroatoms. The summed E-state index contributed by atoms with van der Waals surface area (Å²) >= 11 is 0. The Balaban J connectivity index is 1.88. The highest BCUT2D eigenvalue weighted by Gasteiger charge is 2.48. The predicted octanol–water partition coefficient (Wildman–Crippen LogP) is 2.81. The number of nitrogens with one attached hydrogen (secondary N) is 1. The lowest BCUT2D eigenvalue weighted by atomic mass is 9.52. The van der Waals surface area contributed by atoms with Crippen LogP contribution in [0.25, 0.3) is 0 Å². The normalized spacial score (nSPS) is 40.4. The van der Waals surface area contributed by atoms with Crippen LogP contribution in [0.15, 0.2) is 0 Å². The van der Waals surface area contributed by atoms with Gasteiger partial charge in [-0.05, 0) is 49.0 Å². The van der Waals surface area contributed by atoms with Crippen molar-refractivity contribution >= 4 is 0 Å². The van der Waals surface area contributed by atoms with Gasteiger partial charge in [-0.1, -0.05) is 20.8 Å². The third-order valence-electron chi connectivity index (χ3n) is 4.14. The second kappa shape index (κ2) is 2.98. The standard InChI is InChI=1S/C12H23N/c1-11(2,3)10-7-12(8-10)5-4-6-13-9-12/h10,13H,4-9H2,1-3H3. The second-order valence-electron chi connectivity index (χ2n) is 6.25. The Morgan fingerprint density at radius 1 is 1.23 bits per heavy atom. The van der Waals surface area contributed by atoms with Gasteiger partial charge in [0.25, 0.3) is 0 Å². The first-order chi connectivity index (χ1) is 6.02. The minimum absolute atomic E-state index is 0.544. The molecule has 1 N–H and O–H groups in total. The maximum atomic E-state index is 3.55. The van der Waals surface area contributed by atoms with E-state index in [0.29, 0.717) is 5.41 Å². The van der Waals surface area contributed by atoms with Gasteiger partial charge in [0.2, 0.25) is 0 Å². The van der Waals surface area contributed by atoms with Gasteiger partial charge in [-0.2, -0.15) is 0 Å². The summed E-state index contributed by atoms with van der Waals surface area (Å²) in [6.07, 6.45) is 5.83. The van der Waals surface area contributed by atoms with Crippen LogP contribution in [0.4, 0.5) is 0 Å². The fourth-order valence-corrected chi connectivity index (χ4v) is 2.98. The lowest BCUT2D eigenvalue weighted by Crippen LogP contribution is -2.51. The van der Waals surface area contributed by atoms with Gasteiger partial charge in [0.05, 0.1) is 0 Å². The minimum atomic E-state index is 0.544. The van der Waals surface area contributed by atoms with E-state index in [1.807, 2.05) is 0 Å². The van der Waals surface area contributed by atoms with E-state index < -0.39 is 0 Å². The van der Waals surface area contributed by atoms with Crippen molar-refractivity contribution in [2.45, 2.75) is 46.5 Å². The van der Waals surface area contributed by atoms with Gasteiger partial charge in [-0.25, -0.2) is 0 Å². The fraction of sp³-hybridized carbons (Fsp3) is 1.00. The Morgan fingerprint density at radius 3 is 2.38 bits per heavy atom. The first-order valence-corrected chi connectivity index (χ1v) is 5.73. The predicted molar refractivity (Wildman–Crippen MR) is 56.7 cm³/mol. The smallest absolute Gasteiger partial charge is 0.000803 e. The van der Waals surface area contributed by atoms with Crippen LogP contribution in [-0.2, 0) is 0 Å². The highest BCUT2D eigenvalue weighted by atomic mass is 14.9. The maximum Gasteiger partial charge on any atom is 0.000803 e. The van der Waals surface area contributed by atoms with Crippen molar-refractivity contribution in [2.24, 2.45) is 16.7 Å². The molecule has 0 amide bonds. The summed E-state index contributed by atoms with van der Waals surface area (Å²) < 4.78 is 0. The average molecular weight is 181 g/mol. The topological polar surface area (TPSA) is 12.0 Å². The summed E-state index contributed by atoms with van der Waals surface area (Å²) in [5.74, 6) is 0.979. The molecular formula is C12H23N. The Bertz CT molecular complexity index is 176. The molecule has 0 aromatic heterocycles. The van der Waals surface area contributed by atoms with Gasteiger partial charge < -0.3 is 5.32 Å². The van der Waals surface area contributed by atoms with Crippen molar-refractivity contribution < 1.29 is 0 Å². The number of piperidine rings is 1. The van der Waals surface area contributed by atoms with E-state index in [2.05, 4.69) is 26.1 Å². The molecule has 2 fully saturated rings. The highest BCUT2D eigenvalue weighted by molar-refractivity contribution is 5.00. The molecule has 0 radical (unpaired) electrons. The molecule has 0 aromatic carbocycles. The SMILES string of the molecule is CC(C)(C)C1CC2(CCCNC2)C1. The molecule has 0 bridgehead atoms. The summed E-state index contributed by atoms with van der Waals surface area (Å²) in [7, 11) is 0. The Hall–Kier alpha value is -0.0400. The van der Waals surface area contributed by atoms with E-state index in [-0.39, 0.29) is 0 Å². The van der Waals surface area contributed by atoms with Gasteiger partial charge in [-0.15, -0.1) is 0 Å². The molecule has 1 spiro atoms. The van der Waals surface area contributed by atoms with Crippen LogP contribution < -0.4 is 5.32 Å². The molecule has 1 saturated heterocycles. The summed E-state index contributed by atoms with van der Waals surface area (Å²) in [6, 6.07) is 0. The molecule has 1 heterocycles. The molecule has 1 saturated carbocycles. The molecule has 2 aliphatic rings. The Kier molecular flexibility index (Phi) is 2.18. The molecule has 0 atom stereocenters. The largest absolute Gasteiger partial charge is 0.316 e. The van der Waals surface area contributed by atoms with E-state index >= 15 is 0 Å². The lowest BCUT2D eigenvalue weighted by Gasteiger charge is -2.55. The quantitative estimate of drug-likeness (QED) is 0.606. The number of hydrogen-bond acceptors (Lipinski definition) is 1. The molecular weight excluding hydrogens is 158 g/mol. The zero-order valence-electron chi connectivity index (χ0n) is 9.32. The lowest BCUT2D eigenvalue weighted by molar-refractivity contribution is -0.0295. The van der Waals surface area contributed by atoms with Gasteiger partial charge in [0.1, 0.15) is 0 Å². The molecule has 13 heavy (non-hydrogen) atoms. The van der Waals surface area contributed by atoms with Gasteiger partial charge in [0.15, 0.2) is 0 Å². The second-order valence-corrected chi connectivity index (χ2v) is 6.25. The van der Waals surface area contributed by atoms with Crippen molar-refractivity contribution in [1.29, 1.82) is 0 Å². The molecule has 1 aliphatic heterocycles. The zero-order chi connectivity index (χ0) is 9.53. The van der Waals surface area contributed by atoms with Crippen molar-refractivity contribution in [3.63, 3.8) is 0 Å². The van der Waals surface area contributed by atoms with Gasteiger partial charge in [0, 0.05) is 6.54 Å². The van der Waals surface area contributed by atoms with E-state index in [1.54, 1.807) is 0 Å².